The molecule has 698 valence electrons. The van der Waals surface area contributed by atoms with Crippen molar-refractivity contribution in [2.45, 2.75) is 73.0 Å². The molecule has 0 aliphatic carbocycles. The fourth-order valence-electron chi connectivity index (χ4n) is 10.0. The summed E-state index contributed by atoms with van der Waals surface area (Å²) in [4.78, 5) is 115. The molecule has 0 aromatic heterocycles. The Hall–Kier alpha value is -6.73. The van der Waals surface area contributed by atoms with Gasteiger partial charge >= 0.3 is 137 Å². The number of hydrogen-bond donors (Lipinski definition) is 2. The van der Waals surface area contributed by atoms with Crippen molar-refractivity contribution in [1.29, 1.82) is 10.5 Å². The zero-order valence-corrected chi connectivity index (χ0v) is 86.1. The van der Waals surface area contributed by atoms with E-state index >= 15 is 0 Å². The van der Waals surface area contributed by atoms with E-state index in [0.29, 0.717) is 116 Å². The van der Waals surface area contributed by atoms with Crippen molar-refractivity contribution in [1.82, 2.24) is 0 Å². The van der Waals surface area contributed by atoms with Crippen LogP contribution in [-0.4, -0.2) is 166 Å². The number of carbonyl (C=O) groups is 7. The van der Waals surface area contributed by atoms with E-state index in [2.05, 4.69) is 156 Å². The fourth-order valence-corrected chi connectivity index (χ4v) is 17.3. The van der Waals surface area contributed by atoms with Gasteiger partial charge in [0.15, 0.2) is 0 Å². The minimum Gasteiger partial charge on any atom is -0.465 e. The summed E-state index contributed by atoms with van der Waals surface area (Å²) in [7, 11) is 8.09. The maximum Gasteiger partial charge on any atom is 0.373 e. The number of nitrogens with two attached hydrogens (primary N) is 2. The summed E-state index contributed by atoms with van der Waals surface area (Å²) >= 11 is 47.6. The molecule has 26 nitrogen and oxygen atoms in total. The third kappa shape index (κ3) is 44.7. The number of esters is 6. The van der Waals surface area contributed by atoms with Crippen LogP contribution in [0.2, 0.25) is 0 Å². The van der Waals surface area contributed by atoms with Gasteiger partial charge in [0.05, 0.1) is 126 Å². The quantitative estimate of drug-likeness (QED) is 0.0173. The molecule has 0 bridgehead atoms. The number of halogens is 20. The second kappa shape index (κ2) is 65.0. The van der Waals surface area contributed by atoms with E-state index in [1.807, 2.05) is 43.3 Å². The zero-order chi connectivity index (χ0) is 98.4. The third-order valence-corrected chi connectivity index (χ3v) is 25.4. The fraction of sp³-hybridized carbons (Fsp3) is 0.341. The van der Waals surface area contributed by atoms with Gasteiger partial charge in [0, 0.05) is 70.4 Å². The van der Waals surface area contributed by atoms with Gasteiger partial charge in [-0.25, -0.2) is 35.3 Å². The van der Waals surface area contributed by atoms with Crippen molar-refractivity contribution in [2.24, 2.45) is 11.5 Å². The average Bonchev–Trinajstić information content (AvgIpc) is 1.60. The molecule has 10 rings (SSSR count). The zero-order valence-electron chi connectivity index (χ0n) is 68.3. The van der Waals surface area contributed by atoms with Crippen molar-refractivity contribution in [3.8, 4) is 12.1 Å². The minimum atomic E-state index is -5.17. The molecule has 46 heteroatoms. The monoisotopic (exact) mass is 2470 g/mol. The van der Waals surface area contributed by atoms with Crippen LogP contribution in [0.15, 0.2) is 166 Å². The van der Waals surface area contributed by atoms with Crippen molar-refractivity contribution in [3.63, 3.8) is 0 Å². The number of alkyl halides is 15. The van der Waals surface area contributed by atoms with Crippen LogP contribution < -0.4 is 11.5 Å². The van der Waals surface area contributed by atoms with Crippen LogP contribution in [0.3, 0.4) is 0 Å². The van der Waals surface area contributed by atoms with Gasteiger partial charge in [-0.3, -0.25) is 4.79 Å². The van der Waals surface area contributed by atoms with E-state index in [1.165, 1.54) is 67.8 Å². The first-order valence-corrected chi connectivity index (χ1v) is 46.8. The SMILES string of the molecule is CC#N.COC(=O)c1ccc(C)cc1Br.COC(=O)c1ccc(C2(C#N)CCOC2)cc1Br.COC(=O)c1ccc(C2(C(N)=O)CCOC2)cc1Br.COC(=O)c1ccc(C2(N)CCOC2)cc1Br.COC(=O)c1ccc(CBr)cc1Br.ClC(Cl)(Cl)Cl.ClCCOCCl.FC(F)(F)I(c1ccccc1)C(F)(F)F.O=C=O.O=C=O.[C-]#[N+]Cc1ccc(C(=O)OC)c(Br)c1. The van der Waals surface area contributed by atoms with Crippen molar-refractivity contribution in [2.75, 3.05) is 101 Å². The second-order valence-corrected chi connectivity index (χ2v) is 39.3. The number of nitrogens with zero attached hydrogens (tertiary/aromatic N) is 3. The molecule has 128 heavy (non-hydrogen) atoms. The maximum atomic E-state index is 12.3. The average molecular weight is 2480 g/mol. The molecule has 3 saturated heterocycles. The largest absolute Gasteiger partial charge is 0.465 e. The molecule has 4 N–H and O–H groups in total. The molecule has 3 unspecified atom stereocenters. The number of aryl methyl sites for hydroxylation is 1. The van der Waals surface area contributed by atoms with Gasteiger partial charge in [0.1, 0.15) is 11.5 Å². The molecule has 3 atom stereocenters. The summed E-state index contributed by atoms with van der Waals surface area (Å²) in [5, 5.41) is 17.4. The molecule has 7 aromatic rings. The third-order valence-electron chi connectivity index (χ3n) is 16.1. The van der Waals surface area contributed by atoms with Gasteiger partial charge in [-0.05, 0) is 222 Å². The summed E-state index contributed by atoms with van der Waals surface area (Å²) < 4.78 is 113. The number of nitriles is 2. The number of primary amides is 1. The molecule has 0 radical (unpaired) electrons. The molecule has 3 aliphatic heterocycles. The topological polar surface area (TPSA) is 384 Å². The maximum absolute atomic E-state index is 12.3. The predicted octanol–water partition coefficient (Wildman–Crippen LogP) is 21.7. The van der Waals surface area contributed by atoms with Gasteiger partial charge in [0.25, 0.3) is 3.25 Å². The van der Waals surface area contributed by atoms with E-state index in [9.17, 15) is 65.2 Å². The first-order chi connectivity index (χ1) is 60.1. The number of amides is 1. The Balaban J connectivity index is 0. The number of rotatable bonds is 16. The Morgan fingerprint density at radius 1 is 0.516 bits per heavy atom. The number of hydrogen-bond acceptors (Lipinski definition) is 24. The normalized spacial score (nSPS) is 15.2. The summed E-state index contributed by atoms with van der Waals surface area (Å²) in [6, 6.07) is 41.7. The first-order valence-electron chi connectivity index (χ1n) is 35.1. The molecule has 7 aromatic carbocycles. The molecule has 3 aliphatic rings. The van der Waals surface area contributed by atoms with E-state index in [4.69, 9.17) is 126 Å². The van der Waals surface area contributed by atoms with Gasteiger partial charge in [0.2, 0.25) is 12.5 Å². The summed E-state index contributed by atoms with van der Waals surface area (Å²) in [5.41, 5.74) is 18.5. The number of methoxy groups -OCH3 is 6. The Morgan fingerprint density at radius 3 is 1.16 bits per heavy atom. The number of benzene rings is 7. The summed E-state index contributed by atoms with van der Waals surface area (Å²) in [6.45, 7) is 13.9. The van der Waals surface area contributed by atoms with Crippen LogP contribution in [0.4, 0.5) is 26.3 Å². The summed E-state index contributed by atoms with van der Waals surface area (Å²) in [5.74, 6) is -2.12. The molecule has 0 saturated carbocycles. The second-order valence-electron chi connectivity index (χ2n) is 24.3. The molecule has 0 spiro atoms. The van der Waals surface area contributed by atoms with Gasteiger partial charge in [-0.1, -0.05) is 110 Å². The standard InChI is InChI=1S/C13H14BrNO4.C13H12BrNO3.C12H14BrNO3.C10H8BrNO2.C9H8Br2O2.C9H9BrO2.C8H5F6I.C3H6Cl2O.C2H3N.CCl4.2CO2/c1-18-11(16)9-3-2-8(6-10(9)14)13(12(15)17)4-5-19-7-13;1-17-12(16)10-3-2-9(6-11(10)14)13(7-15)4-5-18-8-13;1-16-11(15)9-3-2-8(6-10(9)13)12(14)4-5-17-7-12;1-12-6-7-3-4-8(9(11)5-7)10(13)14-2;1-13-9(12)7-3-2-6(5-10)4-8(7)11;1-6-3-4-7(8(10)5-6)9(11)12-2;9-7(10,11)15(8(12,13)14)6-4-2-1-3-5-6;4-1-2-6-3-5;1-2-3;2-1(3,4)5;2*2-1-3/h2-3,6H,4-5,7H2,1H3,(H2,15,17);2-3,6H,4-5,8H2,1H3;2-3,6H,4-5,7,14H2,1H3;3-5H,6H2,2H3;2-4H,5H2,1H3;3-5H,1-2H3;1-5H;1-3H2;1H3;;;. The van der Waals surface area contributed by atoms with Crippen LogP contribution in [0.1, 0.15) is 122 Å². The Morgan fingerprint density at radius 2 is 0.852 bits per heavy atom. The molecular formula is C82H79Br7Cl6F6IN5O21. The van der Waals surface area contributed by atoms with Crippen LogP contribution in [-0.2, 0) is 99.6 Å². The minimum absolute atomic E-state index is 0.243. The first kappa shape index (κ1) is 123. The molecule has 3 fully saturated rings. The molecule has 1 amide bonds. The van der Waals surface area contributed by atoms with Crippen LogP contribution in [0, 0.1) is 39.7 Å². The van der Waals surface area contributed by atoms with Crippen molar-refractivity contribution in [3.05, 3.63) is 248 Å². The molecular weight excluding hydrogens is 2400 g/mol. The smallest absolute Gasteiger partial charge is 0.373 e. The number of ether oxygens (including phenoxy) is 10. The Labute approximate surface area is 829 Å². The van der Waals surface area contributed by atoms with Crippen molar-refractivity contribution >= 4 is 255 Å². The van der Waals surface area contributed by atoms with E-state index in [-0.39, 0.29) is 48.9 Å². The Kier molecular flexibility index (Phi) is 62.6. The van der Waals surface area contributed by atoms with Gasteiger partial charge in [-0.2, -0.15) is 29.7 Å². The van der Waals surface area contributed by atoms with Gasteiger partial charge in [-0.15, -0.1) is 11.6 Å². The van der Waals surface area contributed by atoms with Crippen molar-refractivity contribution < 1.29 is 126 Å². The number of carbonyl (C=O) groups excluding carboxylic acids is 11. The van der Waals surface area contributed by atoms with E-state index in [0.717, 1.165) is 66.2 Å². The van der Waals surface area contributed by atoms with Crippen LogP contribution in [0.25, 0.3) is 4.85 Å². The molecule has 3 heterocycles. The summed E-state index contributed by atoms with van der Waals surface area (Å²) in [6.07, 6.45) is 2.51. The Bertz CT molecular complexity index is 4900. The van der Waals surface area contributed by atoms with E-state index in [1.54, 1.807) is 78.9 Å². The predicted molar refractivity (Wildman–Crippen MR) is 497 cm³/mol. The van der Waals surface area contributed by atoms with Gasteiger partial charge < -0.3 is 63.7 Å². The van der Waals surface area contributed by atoms with Crippen LogP contribution in [0.5, 0.6) is 0 Å². The van der Waals surface area contributed by atoms with Crippen LogP contribution >= 0.6 is 201 Å². The van der Waals surface area contributed by atoms with E-state index < -0.39 is 69.2 Å².